The Morgan fingerprint density at radius 3 is 0.633 bits per heavy atom. The summed E-state index contributed by atoms with van der Waals surface area (Å²) in [5.74, 6) is -4.99. The third-order valence-electron chi connectivity index (χ3n) is 5.47. The zero-order chi connectivity index (χ0) is 44.5. The van der Waals surface area contributed by atoms with Crippen LogP contribution in [0.1, 0.15) is 41.4 Å². The van der Waals surface area contributed by atoms with Crippen LogP contribution < -0.4 is 20.4 Å². The average Bonchev–Trinajstić information content (AvgIpc) is 3.20. The molecule has 2 radical (unpaired) electrons. The maximum atomic E-state index is 10.3. The molecule has 26 heteroatoms. The summed E-state index contributed by atoms with van der Waals surface area (Å²) in [6, 6.07) is 21.8. The van der Waals surface area contributed by atoms with E-state index in [2.05, 4.69) is 40.1 Å². The number of nitrogens with zero attached hydrogens (tertiary/aromatic N) is 14. The Hall–Kier alpha value is -8.02. The fourth-order valence-corrected chi connectivity index (χ4v) is 2.86. The van der Waals surface area contributed by atoms with Crippen LogP contribution in [0, 0.1) is 0 Å². The number of carbonyl (C=O) groups is 6. The summed E-state index contributed by atoms with van der Waals surface area (Å²) >= 11 is 0. The summed E-state index contributed by atoms with van der Waals surface area (Å²) in [4.78, 5) is 72.9. The third kappa shape index (κ3) is 29.3. The van der Waals surface area contributed by atoms with Gasteiger partial charge in [0.25, 0.3) is 0 Å². The number of azide groups is 4. The van der Waals surface area contributed by atoms with E-state index in [4.69, 9.17) is 22.1 Å². The quantitative estimate of drug-likeness (QED) is 0.0733. The molecule has 4 aromatic carbocycles. The van der Waals surface area contributed by atoms with Crippen molar-refractivity contribution < 1.29 is 83.3 Å². The van der Waals surface area contributed by atoms with Crippen molar-refractivity contribution in [3.63, 3.8) is 0 Å². The molecule has 0 aliphatic carbocycles. The number of amides is 2. The fourth-order valence-electron chi connectivity index (χ4n) is 2.86. The minimum atomic E-state index is -1.25. The summed E-state index contributed by atoms with van der Waals surface area (Å²) < 4.78 is 0. The van der Waals surface area contributed by atoms with Crippen molar-refractivity contribution in [2.45, 2.75) is 0 Å². The second-order valence-corrected chi connectivity index (χ2v) is 10.2. The van der Waals surface area contributed by atoms with E-state index in [1.807, 2.05) is 0 Å². The van der Waals surface area contributed by atoms with Gasteiger partial charge in [0, 0.05) is 70.6 Å². The van der Waals surface area contributed by atoms with Gasteiger partial charge in [-0.15, -0.1) is 0 Å². The molecule has 60 heavy (non-hydrogen) atoms. The molecule has 0 heterocycles. The Bertz CT molecular complexity index is 1770. The van der Waals surface area contributed by atoms with E-state index in [1.54, 1.807) is 28.2 Å². The Kier molecular flexibility index (Phi) is 34.6. The van der Waals surface area contributed by atoms with Crippen molar-refractivity contribution in [3.05, 3.63) is 161 Å². The van der Waals surface area contributed by atoms with E-state index in [0.29, 0.717) is 22.7 Å². The first-order chi connectivity index (χ1) is 27.5. The van der Waals surface area contributed by atoms with Crippen molar-refractivity contribution in [1.29, 1.82) is 0 Å². The summed E-state index contributed by atoms with van der Waals surface area (Å²) in [6.07, 6.45) is 1.50. The second-order valence-electron chi connectivity index (χ2n) is 10.2. The van der Waals surface area contributed by atoms with Crippen molar-refractivity contribution in [2.75, 3.05) is 28.2 Å². The molecule has 0 N–H and O–H groups in total. The first-order valence-electron chi connectivity index (χ1n) is 15.2. The van der Waals surface area contributed by atoms with Gasteiger partial charge in [-0.05, 0) is 44.4 Å². The molecule has 318 valence electrons. The number of benzene rings is 4. The zero-order valence-corrected chi connectivity index (χ0v) is 33.2. The second kappa shape index (κ2) is 35.4. The van der Waals surface area contributed by atoms with Crippen LogP contribution in [0.2, 0.25) is 0 Å². The van der Waals surface area contributed by atoms with Crippen molar-refractivity contribution in [2.24, 2.45) is 20.5 Å². The van der Waals surface area contributed by atoms with E-state index in [1.165, 1.54) is 107 Å². The molecule has 2 amide bonds. The summed E-state index contributed by atoms with van der Waals surface area (Å²) in [6.45, 7) is 0. The monoisotopic (exact) mass is 920 g/mol. The number of carboxylic acids is 4. The van der Waals surface area contributed by atoms with Gasteiger partial charge in [-0.1, -0.05) is 118 Å². The number of hydrogen-bond acceptors (Lipinski definition) is 14. The molecule has 0 spiro atoms. The van der Waals surface area contributed by atoms with Crippen LogP contribution in [0.25, 0.3) is 41.8 Å². The number of aromatic carboxylic acids is 4. The number of carbonyl (C=O) groups excluding carboxylic acids is 6. The van der Waals surface area contributed by atoms with E-state index < -0.39 is 23.9 Å². The van der Waals surface area contributed by atoms with Gasteiger partial charge in [0.2, 0.25) is 12.8 Å². The summed E-state index contributed by atoms with van der Waals surface area (Å²) in [7, 11) is 6.75. The van der Waals surface area contributed by atoms with Crippen LogP contribution in [-0.2, 0) is 43.7 Å². The molecule has 4 rings (SSSR count). The predicted molar refractivity (Wildman–Crippen MR) is 198 cm³/mol. The molecular formula is C34H30Cu2N14O10. The minimum absolute atomic E-state index is 0. The molecule has 0 aliphatic heterocycles. The van der Waals surface area contributed by atoms with Gasteiger partial charge in [-0.2, -0.15) is 0 Å². The van der Waals surface area contributed by atoms with Gasteiger partial charge in [0.1, 0.15) is 0 Å². The van der Waals surface area contributed by atoms with Crippen LogP contribution >= 0.6 is 0 Å². The molecular weight excluding hydrogens is 892 g/mol. The first kappa shape index (κ1) is 58.7. The van der Waals surface area contributed by atoms with Gasteiger partial charge < -0.3 is 49.4 Å². The van der Waals surface area contributed by atoms with E-state index in [-0.39, 0.29) is 56.4 Å². The number of carboxylic acid groups (broad SMARTS) is 4. The molecule has 0 bridgehead atoms. The number of hydrogen-bond donors (Lipinski definition) is 0. The summed E-state index contributed by atoms with van der Waals surface area (Å²) in [5.41, 5.74) is 33.9. The Balaban J connectivity index is -0.000000321. The van der Waals surface area contributed by atoms with Gasteiger partial charge in [-0.25, -0.2) is 0 Å². The molecule has 24 nitrogen and oxygen atoms in total. The summed E-state index contributed by atoms with van der Waals surface area (Å²) in [5, 5.41) is 54.1. The van der Waals surface area contributed by atoms with E-state index >= 15 is 0 Å². The molecule has 0 saturated heterocycles. The number of rotatable bonds is 10. The molecule has 4 aromatic rings. The molecule has 0 unspecified atom stereocenters. The standard InChI is InChI=1S/4C7H5N3O2.2C3H7NO.2Cu/c4*8-10-9-6-3-1-5(2-4-6)7(11)12;2*1-4(2)3-5;;/h4*1-4H,(H,11,12);2*3H,1-2H3;;/q;;;;;;2*+2/p-4. The van der Waals surface area contributed by atoms with Gasteiger partial charge in [-0.3, -0.25) is 9.59 Å². The average molecular weight is 922 g/mol. The Labute approximate surface area is 361 Å². The molecule has 0 aromatic heterocycles. The maximum Gasteiger partial charge on any atom is 2.00 e. The Morgan fingerprint density at radius 1 is 0.417 bits per heavy atom. The SMILES string of the molecule is CN(C)C=O.CN(C)C=O.[Cu+2].[Cu+2].[N-]=[N+]=Nc1ccc(C(=O)[O-])cc1.[N-]=[N+]=Nc1ccc(C(=O)[O-])cc1.[N-]=[N+]=Nc1ccc(C(=O)[O-])cc1.[N-]=[N+]=Nc1ccc(C(=O)[O-])cc1. The van der Waals surface area contributed by atoms with Gasteiger partial charge in [0.15, 0.2) is 0 Å². The molecule has 0 saturated carbocycles. The van der Waals surface area contributed by atoms with Gasteiger partial charge in [0.05, 0.1) is 23.9 Å². The van der Waals surface area contributed by atoms with Crippen LogP contribution in [0.4, 0.5) is 22.7 Å². The van der Waals surface area contributed by atoms with Crippen LogP contribution in [0.5, 0.6) is 0 Å². The predicted octanol–water partition coefficient (Wildman–Crippen LogP) is 3.37. The molecule has 0 fully saturated rings. The van der Waals surface area contributed by atoms with Crippen LogP contribution in [0.15, 0.2) is 118 Å². The molecule has 0 aliphatic rings. The van der Waals surface area contributed by atoms with E-state index in [0.717, 1.165) is 12.8 Å². The third-order valence-corrected chi connectivity index (χ3v) is 5.47. The van der Waals surface area contributed by atoms with Crippen LogP contribution in [-0.4, -0.2) is 74.7 Å². The zero-order valence-electron chi connectivity index (χ0n) is 31.3. The first-order valence-corrected chi connectivity index (χ1v) is 15.2. The topological polar surface area (TPSA) is 396 Å². The van der Waals surface area contributed by atoms with Crippen molar-refractivity contribution >= 4 is 59.4 Å². The van der Waals surface area contributed by atoms with Gasteiger partial charge >= 0.3 is 34.1 Å². The van der Waals surface area contributed by atoms with E-state index in [9.17, 15) is 49.2 Å². The molecule has 0 atom stereocenters. The minimum Gasteiger partial charge on any atom is -0.545 e. The Morgan fingerprint density at radius 2 is 0.550 bits per heavy atom. The smallest absolute Gasteiger partial charge is 0.545 e. The van der Waals surface area contributed by atoms with Crippen molar-refractivity contribution in [1.82, 2.24) is 9.80 Å². The normalized spacial score (nSPS) is 8.07. The largest absolute Gasteiger partial charge is 2.00 e. The van der Waals surface area contributed by atoms with Crippen LogP contribution in [0.3, 0.4) is 0 Å². The fraction of sp³-hybridized carbons (Fsp3) is 0.118. The maximum absolute atomic E-state index is 10.3. The van der Waals surface area contributed by atoms with Crippen molar-refractivity contribution in [3.8, 4) is 0 Å².